The summed E-state index contributed by atoms with van der Waals surface area (Å²) in [5.41, 5.74) is 4.51. The molecule has 3 aromatic heterocycles. The lowest BCUT2D eigenvalue weighted by molar-refractivity contribution is -0.0486. The smallest absolute Gasteiger partial charge is 0.387 e. The predicted octanol–water partition coefficient (Wildman–Crippen LogP) is 7.25. The maximum Gasteiger partial charge on any atom is 0.387 e. The number of pyridine rings is 3. The van der Waals surface area contributed by atoms with Crippen LogP contribution in [0.25, 0.3) is 44.1 Å². The van der Waals surface area contributed by atoms with Gasteiger partial charge in [0, 0.05) is 60.9 Å². The molecule has 1 atom stereocenters. The SMILES string of the molecule is CCn1cc(C(=O)O)c(=O)c2ccc(-c3ccncc3)cc21.C[C@H]1NCc2cc(-c3ccc4c(=O)c(C(=O)O)cn(C5CC5)c4c3OC(F)F)ccc21. The lowest BCUT2D eigenvalue weighted by Gasteiger charge is -2.19. The summed E-state index contributed by atoms with van der Waals surface area (Å²) < 4.78 is 35.3. The molecule has 8 rings (SSSR count). The van der Waals surface area contributed by atoms with Crippen LogP contribution in [0.15, 0.2) is 95.0 Å². The van der Waals surface area contributed by atoms with Gasteiger partial charge in [-0.15, -0.1) is 0 Å². The maximum atomic E-state index is 13.5. The summed E-state index contributed by atoms with van der Waals surface area (Å²) in [6.07, 6.45) is 7.62. The minimum absolute atomic E-state index is 0.0541. The Kier molecular flexibility index (Phi) is 9.35. The Morgan fingerprint density at radius 3 is 2.21 bits per heavy atom. The van der Waals surface area contributed by atoms with Crippen LogP contribution in [-0.4, -0.2) is 42.9 Å². The van der Waals surface area contributed by atoms with Crippen LogP contribution in [0.2, 0.25) is 0 Å². The van der Waals surface area contributed by atoms with E-state index in [-0.39, 0.29) is 39.9 Å². The summed E-state index contributed by atoms with van der Waals surface area (Å²) in [5.74, 6) is -2.65. The molecule has 3 aromatic carbocycles. The zero-order valence-corrected chi connectivity index (χ0v) is 28.7. The van der Waals surface area contributed by atoms with Gasteiger partial charge in [0.2, 0.25) is 10.9 Å². The number of ether oxygens (including phenoxy) is 1. The molecular formula is C40H34F2N4O7. The summed E-state index contributed by atoms with van der Waals surface area (Å²) in [7, 11) is 0. The van der Waals surface area contributed by atoms with Crippen LogP contribution in [0.4, 0.5) is 8.78 Å². The first-order valence-electron chi connectivity index (χ1n) is 17.0. The van der Waals surface area contributed by atoms with E-state index in [0.717, 1.165) is 40.6 Å². The molecule has 270 valence electrons. The maximum absolute atomic E-state index is 13.5. The summed E-state index contributed by atoms with van der Waals surface area (Å²) >= 11 is 0. The van der Waals surface area contributed by atoms with Crippen molar-refractivity contribution in [2.45, 2.75) is 58.5 Å². The highest BCUT2D eigenvalue weighted by atomic mass is 19.3. The molecule has 1 saturated carbocycles. The molecule has 53 heavy (non-hydrogen) atoms. The van der Waals surface area contributed by atoms with E-state index in [1.54, 1.807) is 33.7 Å². The van der Waals surface area contributed by atoms with Gasteiger partial charge in [-0.05, 0) is 97.0 Å². The van der Waals surface area contributed by atoms with E-state index in [1.807, 2.05) is 49.4 Å². The molecule has 3 N–H and O–H groups in total. The summed E-state index contributed by atoms with van der Waals surface area (Å²) in [5, 5.41) is 22.4. The van der Waals surface area contributed by atoms with Gasteiger partial charge in [0.15, 0.2) is 5.75 Å². The van der Waals surface area contributed by atoms with E-state index in [1.165, 1.54) is 18.5 Å². The number of fused-ring (bicyclic) bond motifs is 3. The van der Waals surface area contributed by atoms with Crippen LogP contribution < -0.4 is 20.9 Å². The molecule has 0 amide bonds. The Morgan fingerprint density at radius 2 is 1.55 bits per heavy atom. The number of halogens is 2. The second-order valence-corrected chi connectivity index (χ2v) is 13.0. The van der Waals surface area contributed by atoms with Crippen LogP contribution in [0.5, 0.6) is 5.75 Å². The number of nitrogens with zero attached hydrogens (tertiary/aromatic N) is 3. The molecule has 4 heterocycles. The van der Waals surface area contributed by atoms with Crippen LogP contribution in [0, 0.1) is 0 Å². The Balaban J connectivity index is 0.000000174. The van der Waals surface area contributed by atoms with Crippen molar-refractivity contribution in [1.82, 2.24) is 19.4 Å². The van der Waals surface area contributed by atoms with Crippen molar-refractivity contribution in [3.63, 3.8) is 0 Å². The topological polar surface area (TPSA) is 153 Å². The van der Waals surface area contributed by atoms with Gasteiger partial charge in [0.05, 0.1) is 16.4 Å². The van der Waals surface area contributed by atoms with Gasteiger partial charge >= 0.3 is 18.6 Å². The van der Waals surface area contributed by atoms with Crippen molar-refractivity contribution in [1.29, 1.82) is 0 Å². The summed E-state index contributed by atoms with van der Waals surface area (Å²) in [4.78, 5) is 51.8. The molecular weight excluding hydrogens is 686 g/mol. The zero-order chi connectivity index (χ0) is 37.6. The predicted molar refractivity (Wildman–Crippen MR) is 195 cm³/mol. The number of carboxylic acid groups (broad SMARTS) is 2. The first kappa shape index (κ1) is 35.2. The minimum atomic E-state index is -3.10. The molecule has 6 aromatic rings. The Morgan fingerprint density at radius 1 is 0.887 bits per heavy atom. The molecule has 0 bridgehead atoms. The number of alkyl halides is 2. The fraction of sp³-hybridized carbons (Fsp3) is 0.225. The van der Waals surface area contributed by atoms with E-state index in [2.05, 4.69) is 17.2 Å². The third-order valence-electron chi connectivity index (χ3n) is 9.71. The normalized spacial score (nSPS) is 14.9. The number of benzene rings is 3. The number of rotatable bonds is 8. The van der Waals surface area contributed by atoms with Gasteiger partial charge in [-0.25, -0.2) is 9.59 Å². The summed E-state index contributed by atoms with van der Waals surface area (Å²) in [6.45, 7) is 2.13. The van der Waals surface area contributed by atoms with Gasteiger partial charge in [0.25, 0.3) is 0 Å². The molecule has 0 unspecified atom stereocenters. The third-order valence-corrected chi connectivity index (χ3v) is 9.71. The number of carboxylic acids is 2. The fourth-order valence-corrected chi connectivity index (χ4v) is 6.90. The number of nitrogens with one attached hydrogen (secondary N) is 1. The molecule has 2 aliphatic rings. The second-order valence-electron chi connectivity index (χ2n) is 13.0. The highest BCUT2D eigenvalue weighted by Gasteiger charge is 2.30. The van der Waals surface area contributed by atoms with Crippen molar-refractivity contribution >= 4 is 33.7 Å². The fourth-order valence-electron chi connectivity index (χ4n) is 6.90. The molecule has 1 aliphatic carbocycles. The number of carbonyl (C=O) groups is 2. The zero-order valence-electron chi connectivity index (χ0n) is 28.7. The molecule has 0 radical (unpaired) electrons. The van der Waals surface area contributed by atoms with Crippen LogP contribution in [-0.2, 0) is 13.1 Å². The molecule has 13 heteroatoms. The molecule has 11 nitrogen and oxygen atoms in total. The number of aromatic carboxylic acids is 2. The number of aryl methyl sites for hydroxylation is 1. The Hall–Kier alpha value is -6.21. The van der Waals surface area contributed by atoms with E-state index >= 15 is 0 Å². The van der Waals surface area contributed by atoms with Crippen molar-refractivity contribution in [3.05, 3.63) is 128 Å². The van der Waals surface area contributed by atoms with Crippen LogP contribution in [0.3, 0.4) is 0 Å². The number of hydrogen-bond donors (Lipinski definition) is 3. The van der Waals surface area contributed by atoms with Crippen LogP contribution >= 0.6 is 0 Å². The number of aromatic nitrogens is 3. The molecule has 0 saturated heterocycles. The average Bonchev–Trinajstić information content (AvgIpc) is 3.93. The van der Waals surface area contributed by atoms with Crippen molar-refractivity contribution < 1.29 is 33.3 Å². The van der Waals surface area contributed by atoms with Gasteiger partial charge in [-0.1, -0.05) is 18.2 Å². The van der Waals surface area contributed by atoms with E-state index in [4.69, 9.17) is 9.84 Å². The van der Waals surface area contributed by atoms with Gasteiger partial charge in [0.1, 0.15) is 11.1 Å². The lowest BCUT2D eigenvalue weighted by Crippen LogP contribution is -2.19. The minimum Gasteiger partial charge on any atom is -0.477 e. The van der Waals surface area contributed by atoms with Crippen molar-refractivity contribution in [2.75, 3.05) is 0 Å². The van der Waals surface area contributed by atoms with Gasteiger partial charge in [-0.2, -0.15) is 8.78 Å². The highest BCUT2D eigenvalue weighted by molar-refractivity contribution is 5.98. The third kappa shape index (κ3) is 6.66. The molecule has 1 aliphatic heterocycles. The quantitative estimate of drug-likeness (QED) is 0.148. The number of hydrogen-bond acceptors (Lipinski definition) is 7. The van der Waals surface area contributed by atoms with E-state index < -0.39 is 29.4 Å². The molecule has 1 fully saturated rings. The van der Waals surface area contributed by atoms with E-state index in [0.29, 0.717) is 29.6 Å². The monoisotopic (exact) mass is 720 g/mol. The average molecular weight is 721 g/mol. The van der Waals surface area contributed by atoms with Crippen molar-refractivity contribution in [2.24, 2.45) is 0 Å². The van der Waals surface area contributed by atoms with Crippen LogP contribution in [0.1, 0.15) is 70.6 Å². The van der Waals surface area contributed by atoms with Crippen molar-refractivity contribution in [3.8, 4) is 28.0 Å². The Bertz CT molecular complexity index is 2550. The lowest BCUT2D eigenvalue weighted by atomic mass is 9.96. The highest BCUT2D eigenvalue weighted by Crippen LogP contribution is 2.44. The van der Waals surface area contributed by atoms with Gasteiger partial charge in [-0.3, -0.25) is 14.6 Å². The Labute approximate surface area is 300 Å². The largest absolute Gasteiger partial charge is 0.477 e. The van der Waals surface area contributed by atoms with Gasteiger partial charge < -0.3 is 29.4 Å². The second kappa shape index (κ2) is 14.1. The summed E-state index contributed by atoms with van der Waals surface area (Å²) in [6, 6.07) is 18.2. The first-order chi connectivity index (χ1) is 25.5. The first-order valence-corrected chi connectivity index (χ1v) is 17.0. The van der Waals surface area contributed by atoms with E-state index in [9.17, 15) is 33.1 Å². The standard InChI is InChI=1S/C23H20F2N2O4.C17H14N2O3/c1-11-15-5-2-12(8-13(15)9-26-11)16-6-7-17-19(21(16)31-23(24)25)27(14-3-4-14)10-18(20(17)28)22(29)30;1-2-19-10-14(17(21)22)16(20)13-4-3-12(9-15(13)19)11-5-7-18-8-6-11/h2,5-8,10-11,14,23,26H,3-4,9H2,1H3,(H,29,30);3-10H,2H2,1H3,(H,21,22)/t11-;/m1./s1. The molecule has 0 spiro atoms.